The van der Waals surface area contributed by atoms with E-state index in [-0.39, 0.29) is 5.91 Å². The van der Waals surface area contributed by atoms with E-state index in [0.29, 0.717) is 5.54 Å². The van der Waals surface area contributed by atoms with E-state index in [1.165, 1.54) is 30.6 Å². The molecule has 2 aliphatic rings. The molecule has 0 N–H and O–H groups in total. The van der Waals surface area contributed by atoms with Crippen LogP contribution in [0.4, 0.5) is 0 Å². The Morgan fingerprint density at radius 3 is 2.41 bits per heavy atom. The van der Waals surface area contributed by atoms with E-state index < -0.39 is 0 Å². The van der Waals surface area contributed by atoms with Crippen LogP contribution in [0, 0.1) is 19.8 Å². The number of piperidine rings is 1. The largest absolute Gasteiger partial charge is 0.338 e. The minimum absolute atomic E-state index is 0.182. The maximum atomic E-state index is 12.7. The first kappa shape index (κ1) is 15.9. The van der Waals surface area contributed by atoms with Crippen LogP contribution in [0.15, 0.2) is 0 Å². The molecule has 0 bridgehead atoms. The Morgan fingerprint density at radius 2 is 1.95 bits per heavy atom. The van der Waals surface area contributed by atoms with Gasteiger partial charge in [0.2, 0.25) is 0 Å². The predicted octanol–water partition coefficient (Wildman–Crippen LogP) is 3.10. The third-order valence-electron chi connectivity index (χ3n) is 5.39. The fraction of sp³-hybridized carbons (Fsp3) is 0.765. The second-order valence-corrected chi connectivity index (χ2v) is 8.41. The Kier molecular flexibility index (Phi) is 4.29. The van der Waals surface area contributed by atoms with Crippen molar-refractivity contribution in [2.75, 3.05) is 27.2 Å². The molecule has 1 aliphatic carbocycles. The van der Waals surface area contributed by atoms with Gasteiger partial charge in [0.25, 0.3) is 5.91 Å². The minimum atomic E-state index is 0.182. The molecule has 0 aromatic carbocycles. The van der Waals surface area contributed by atoms with Gasteiger partial charge in [-0.25, -0.2) is 4.98 Å². The van der Waals surface area contributed by atoms with Crippen molar-refractivity contribution in [3.05, 3.63) is 15.6 Å². The molecule has 1 aliphatic heterocycles. The Balaban J connectivity index is 1.67. The quantitative estimate of drug-likeness (QED) is 0.855. The van der Waals surface area contributed by atoms with Gasteiger partial charge in [0, 0.05) is 18.6 Å². The Morgan fingerprint density at radius 1 is 1.32 bits per heavy atom. The number of carbonyl (C=O) groups is 1. The second-order valence-electron chi connectivity index (χ2n) is 7.21. The van der Waals surface area contributed by atoms with Gasteiger partial charge in [-0.2, -0.15) is 0 Å². The summed E-state index contributed by atoms with van der Waals surface area (Å²) in [4.78, 5) is 22.4. The number of aryl methyl sites for hydroxylation is 2. The van der Waals surface area contributed by atoms with Gasteiger partial charge in [0.05, 0.1) is 10.7 Å². The summed E-state index contributed by atoms with van der Waals surface area (Å²) in [5.41, 5.74) is 1.19. The third kappa shape index (κ3) is 3.06. The zero-order valence-corrected chi connectivity index (χ0v) is 15.0. The van der Waals surface area contributed by atoms with Gasteiger partial charge in [-0.15, -0.1) is 11.3 Å². The van der Waals surface area contributed by atoms with Crippen LogP contribution in [0.1, 0.15) is 52.5 Å². The summed E-state index contributed by atoms with van der Waals surface area (Å²) in [5.74, 6) is 1.11. The summed E-state index contributed by atoms with van der Waals surface area (Å²) in [5, 5.41) is 0.981. The normalized spacial score (nSPS) is 21.4. The van der Waals surface area contributed by atoms with Crippen molar-refractivity contribution < 1.29 is 4.79 Å². The Bertz CT molecular complexity index is 554. The average molecular weight is 321 g/mol. The minimum Gasteiger partial charge on any atom is -0.338 e. The standard InChI is InChI=1S/C17H27N3OS/c1-12-15(22-13(2)18-12)16(21)20-9-7-17(8-10-20,19(3)4)11-14-5-6-14/h14H,5-11H2,1-4H3. The van der Waals surface area contributed by atoms with E-state index in [4.69, 9.17) is 0 Å². The highest BCUT2D eigenvalue weighted by atomic mass is 32.1. The van der Waals surface area contributed by atoms with E-state index in [1.54, 1.807) is 0 Å². The molecule has 2 heterocycles. The summed E-state index contributed by atoms with van der Waals surface area (Å²) in [7, 11) is 4.41. The lowest BCUT2D eigenvalue weighted by Crippen LogP contribution is -2.54. The number of hydrogen-bond donors (Lipinski definition) is 0. The molecule has 5 heteroatoms. The molecule has 1 aromatic heterocycles. The zero-order valence-electron chi connectivity index (χ0n) is 14.2. The van der Waals surface area contributed by atoms with Crippen LogP contribution in [0.25, 0.3) is 0 Å². The smallest absolute Gasteiger partial charge is 0.265 e. The summed E-state index contributed by atoms with van der Waals surface area (Å²) >= 11 is 1.53. The molecule has 0 unspecified atom stereocenters. The highest BCUT2D eigenvalue weighted by Gasteiger charge is 2.42. The van der Waals surface area contributed by atoms with Crippen molar-refractivity contribution in [3.63, 3.8) is 0 Å². The van der Waals surface area contributed by atoms with Gasteiger partial charge in [0.1, 0.15) is 4.88 Å². The van der Waals surface area contributed by atoms with E-state index in [0.717, 1.165) is 47.4 Å². The van der Waals surface area contributed by atoms with E-state index in [2.05, 4.69) is 24.0 Å². The van der Waals surface area contributed by atoms with Crippen molar-refractivity contribution in [2.45, 2.75) is 51.5 Å². The highest BCUT2D eigenvalue weighted by molar-refractivity contribution is 7.13. The number of aromatic nitrogens is 1. The first-order valence-corrected chi connectivity index (χ1v) is 9.14. The molecule has 2 fully saturated rings. The van der Waals surface area contributed by atoms with Crippen LogP contribution in [0.3, 0.4) is 0 Å². The fourth-order valence-electron chi connectivity index (χ4n) is 3.69. The van der Waals surface area contributed by atoms with Crippen LogP contribution in [-0.2, 0) is 0 Å². The van der Waals surface area contributed by atoms with Gasteiger partial charge in [-0.1, -0.05) is 12.8 Å². The van der Waals surface area contributed by atoms with E-state index in [1.807, 2.05) is 18.7 Å². The maximum Gasteiger partial charge on any atom is 0.265 e. The van der Waals surface area contributed by atoms with Crippen LogP contribution in [0.5, 0.6) is 0 Å². The second kappa shape index (κ2) is 5.93. The molecule has 1 amide bonds. The summed E-state index contributed by atoms with van der Waals surface area (Å²) in [6.45, 7) is 5.66. The van der Waals surface area contributed by atoms with E-state index in [9.17, 15) is 4.79 Å². The van der Waals surface area contributed by atoms with Crippen molar-refractivity contribution in [2.24, 2.45) is 5.92 Å². The van der Waals surface area contributed by atoms with Gasteiger partial charge < -0.3 is 9.80 Å². The SMILES string of the molecule is Cc1nc(C)c(C(=O)N2CCC(CC3CC3)(N(C)C)CC2)s1. The van der Waals surface area contributed by atoms with Crippen molar-refractivity contribution in [1.29, 1.82) is 0 Å². The number of thiazole rings is 1. The fourth-order valence-corrected chi connectivity index (χ4v) is 4.58. The maximum absolute atomic E-state index is 12.7. The number of hydrogen-bond acceptors (Lipinski definition) is 4. The molecule has 0 radical (unpaired) electrons. The lowest BCUT2D eigenvalue weighted by Gasteiger charge is -2.46. The average Bonchev–Trinajstić information content (AvgIpc) is 3.21. The van der Waals surface area contributed by atoms with Crippen LogP contribution >= 0.6 is 11.3 Å². The topological polar surface area (TPSA) is 36.4 Å². The van der Waals surface area contributed by atoms with Crippen LogP contribution in [0.2, 0.25) is 0 Å². The summed E-state index contributed by atoms with van der Waals surface area (Å²) in [6.07, 6.45) is 6.30. The molecule has 1 saturated heterocycles. The molecule has 1 saturated carbocycles. The molecule has 122 valence electrons. The molecule has 22 heavy (non-hydrogen) atoms. The lowest BCUT2D eigenvalue weighted by atomic mass is 9.81. The molecule has 0 atom stereocenters. The molecule has 3 rings (SSSR count). The van der Waals surface area contributed by atoms with Crippen molar-refractivity contribution in [1.82, 2.24) is 14.8 Å². The number of carbonyl (C=O) groups excluding carboxylic acids is 1. The van der Waals surface area contributed by atoms with Crippen LogP contribution in [-0.4, -0.2) is 53.4 Å². The number of rotatable bonds is 4. The van der Waals surface area contributed by atoms with Crippen molar-refractivity contribution >= 4 is 17.2 Å². The lowest BCUT2D eigenvalue weighted by molar-refractivity contribution is 0.0365. The van der Waals surface area contributed by atoms with E-state index >= 15 is 0 Å². The first-order valence-electron chi connectivity index (χ1n) is 8.32. The number of nitrogens with zero attached hydrogens (tertiary/aromatic N) is 3. The molecule has 4 nitrogen and oxygen atoms in total. The number of likely N-dealkylation sites (tertiary alicyclic amines) is 1. The van der Waals surface area contributed by atoms with Gasteiger partial charge in [0.15, 0.2) is 0 Å². The Hall–Kier alpha value is -0.940. The van der Waals surface area contributed by atoms with Gasteiger partial charge in [-0.05, 0) is 53.1 Å². The zero-order chi connectivity index (χ0) is 15.9. The predicted molar refractivity (Wildman–Crippen MR) is 90.5 cm³/mol. The van der Waals surface area contributed by atoms with Gasteiger partial charge >= 0.3 is 0 Å². The van der Waals surface area contributed by atoms with Crippen LogP contribution < -0.4 is 0 Å². The first-order chi connectivity index (χ1) is 10.4. The molecular weight excluding hydrogens is 294 g/mol. The molecule has 1 aromatic rings. The summed E-state index contributed by atoms with van der Waals surface area (Å²) < 4.78 is 0. The third-order valence-corrected chi connectivity index (χ3v) is 6.45. The molecule has 0 spiro atoms. The van der Waals surface area contributed by atoms with Crippen molar-refractivity contribution in [3.8, 4) is 0 Å². The number of amides is 1. The monoisotopic (exact) mass is 321 g/mol. The highest BCUT2D eigenvalue weighted by Crippen LogP contribution is 2.42. The Labute approximate surface area is 137 Å². The van der Waals surface area contributed by atoms with Gasteiger partial charge in [-0.3, -0.25) is 4.79 Å². The molecular formula is C17H27N3OS. The summed E-state index contributed by atoms with van der Waals surface area (Å²) in [6, 6.07) is 0.